The molecule has 0 bridgehead atoms. The van der Waals surface area contributed by atoms with E-state index in [0.29, 0.717) is 0 Å². The monoisotopic (exact) mass is 569 g/mol. The van der Waals surface area contributed by atoms with Gasteiger partial charge >= 0.3 is 0 Å². The molecule has 240 valence electrons. The maximum Gasteiger partial charge on any atom is 0.0786 e. The average molecular weight is 569 g/mol. The fourth-order valence-corrected chi connectivity index (χ4v) is 5.29. The Balaban J connectivity index is -0.000000270. The molecule has 0 aromatic heterocycles. The summed E-state index contributed by atoms with van der Waals surface area (Å²) >= 11 is 0. The Morgan fingerprint density at radius 2 is 0.400 bits per heavy atom. The van der Waals surface area contributed by atoms with E-state index in [1.165, 1.54) is 174 Å². The molecule has 40 heavy (non-hydrogen) atoms. The van der Waals surface area contributed by atoms with Crippen molar-refractivity contribution in [1.82, 2.24) is 0 Å². The van der Waals surface area contributed by atoms with E-state index in [-0.39, 0.29) is 0 Å². The third-order valence-corrected chi connectivity index (χ3v) is 7.89. The van der Waals surface area contributed by atoms with E-state index < -0.39 is 0 Å². The summed E-state index contributed by atoms with van der Waals surface area (Å²) < 4.78 is 2.84. The van der Waals surface area contributed by atoms with Gasteiger partial charge in [-0.1, -0.05) is 107 Å². The molecule has 0 saturated carbocycles. The van der Waals surface area contributed by atoms with Crippen molar-refractivity contribution in [1.29, 1.82) is 0 Å². The van der Waals surface area contributed by atoms with Crippen LogP contribution >= 0.6 is 0 Å². The molecule has 0 aliphatic carbocycles. The molecule has 0 atom stereocenters. The van der Waals surface area contributed by atoms with Crippen LogP contribution in [0.25, 0.3) is 31.9 Å². The van der Waals surface area contributed by atoms with Crippen molar-refractivity contribution in [2.24, 2.45) is 0 Å². The molecule has 8 nitrogen and oxygen atoms in total. The Kier molecular flexibility index (Phi) is 42.7. The van der Waals surface area contributed by atoms with E-state index in [2.05, 4.69) is 55.4 Å². The highest BCUT2D eigenvalue weighted by atomic mass is 15.4. The predicted octanol–water partition coefficient (Wildman–Crippen LogP) is 11.7. The first-order chi connectivity index (χ1) is 19.3. The molecule has 0 N–H and O–H groups in total. The lowest BCUT2D eigenvalue weighted by Crippen LogP contribution is -2.50. The third kappa shape index (κ3) is 31.1. The summed E-state index contributed by atoms with van der Waals surface area (Å²) in [5.41, 5.74) is 27.0. The van der Waals surface area contributed by atoms with Gasteiger partial charge in [0.1, 0.15) is 0 Å². The van der Waals surface area contributed by atoms with Crippen molar-refractivity contribution < 1.29 is 8.97 Å². The summed E-state index contributed by atoms with van der Waals surface area (Å²) in [6.45, 7) is 30.0. The van der Waals surface area contributed by atoms with Crippen LogP contribution in [-0.2, 0) is 0 Å². The summed E-state index contributed by atoms with van der Waals surface area (Å²) in [5, 5.41) is 0. The van der Waals surface area contributed by atoms with Crippen molar-refractivity contribution in [2.45, 2.75) is 158 Å². The highest BCUT2D eigenvalue weighted by Crippen LogP contribution is 2.17. The molecular formula is C32H72N8. The molecule has 0 aliphatic heterocycles. The summed E-state index contributed by atoms with van der Waals surface area (Å²) in [7, 11) is 0. The first kappa shape index (κ1) is 45.5. The lowest BCUT2D eigenvalue weighted by Gasteiger charge is -2.39. The van der Waals surface area contributed by atoms with E-state index in [9.17, 15) is 0 Å². The number of unbranched alkanes of at least 4 members (excludes halogenated alkanes) is 8. The molecule has 0 radical (unpaired) electrons. The number of hydrogen-bond donors (Lipinski definition) is 0. The van der Waals surface area contributed by atoms with Gasteiger partial charge in [-0.3, -0.25) is 9.82 Å². The Bertz CT molecular complexity index is 418. The quantitative estimate of drug-likeness (QED) is 0.0476. The number of quaternary nitrogens is 2. The fourth-order valence-electron chi connectivity index (χ4n) is 5.29. The van der Waals surface area contributed by atoms with E-state index in [1.54, 1.807) is 0 Å². The Morgan fingerprint density at radius 3 is 0.475 bits per heavy atom. The summed E-state index contributed by atoms with van der Waals surface area (Å²) in [6.07, 6.45) is 22.1. The second kappa shape index (κ2) is 37.5. The summed E-state index contributed by atoms with van der Waals surface area (Å²) in [5.74, 6) is 0. The normalized spacial score (nSPS) is 10.6. The van der Waals surface area contributed by atoms with Crippen LogP contribution in [0.15, 0.2) is 0 Å². The number of nitrogens with zero attached hydrogens (tertiary/aromatic N) is 8. The van der Waals surface area contributed by atoms with Crippen molar-refractivity contribution in [3.63, 3.8) is 0 Å². The molecule has 0 rings (SSSR count). The molecule has 0 saturated heterocycles. The zero-order valence-corrected chi connectivity index (χ0v) is 28.5. The van der Waals surface area contributed by atoms with Gasteiger partial charge in [0.25, 0.3) is 0 Å². The third-order valence-electron chi connectivity index (χ3n) is 7.89. The topological polar surface area (TPSA) is 117 Å². The van der Waals surface area contributed by atoms with Gasteiger partial charge in [-0.2, -0.15) is 0 Å². The van der Waals surface area contributed by atoms with Crippen LogP contribution in [0.5, 0.6) is 0 Å². The van der Waals surface area contributed by atoms with Gasteiger partial charge < -0.3 is 31.1 Å². The van der Waals surface area contributed by atoms with Gasteiger partial charge in [-0.05, 0) is 51.4 Å². The standard InChI is InChI=1S/2C16H36N.2N3/c2*1-5-9-13-17(14-10-6-2,15-11-7-3)16-12-8-4;2*1-3-2/h2*5-16H2,1-4H3;;/q2*+1;2*-1. The molecule has 0 aliphatic rings. The highest BCUT2D eigenvalue weighted by Gasteiger charge is 2.25. The van der Waals surface area contributed by atoms with E-state index in [4.69, 9.17) is 22.1 Å². The molecule has 0 heterocycles. The van der Waals surface area contributed by atoms with Crippen molar-refractivity contribution >= 4 is 0 Å². The maximum absolute atomic E-state index is 6.75. The lowest BCUT2D eigenvalue weighted by molar-refractivity contribution is -0.929. The zero-order valence-electron chi connectivity index (χ0n) is 28.5. The Labute approximate surface area is 251 Å². The van der Waals surface area contributed by atoms with Gasteiger partial charge in [-0.25, -0.2) is 0 Å². The van der Waals surface area contributed by atoms with Gasteiger partial charge in [0.05, 0.1) is 52.4 Å². The molecule has 0 aromatic carbocycles. The minimum absolute atomic E-state index is 1.35. The first-order valence-electron chi connectivity index (χ1n) is 17.0. The predicted molar refractivity (Wildman–Crippen MR) is 179 cm³/mol. The number of rotatable bonds is 24. The van der Waals surface area contributed by atoms with E-state index in [0.717, 1.165) is 0 Å². The maximum atomic E-state index is 6.75. The average Bonchev–Trinajstić information content (AvgIpc) is 2.97. The van der Waals surface area contributed by atoms with Crippen LogP contribution in [0.4, 0.5) is 0 Å². The van der Waals surface area contributed by atoms with E-state index in [1.807, 2.05) is 0 Å². The molecular weight excluding hydrogens is 496 g/mol. The van der Waals surface area contributed by atoms with E-state index >= 15 is 0 Å². The van der Waals surface area contributed by atoms with Crippen LogP contribution in [0.3, 0.4) is 0 Å². The van der Waals surface area contributed by atoms with Gasteiger partial charge in [-0.15, -0.1) is 0 Å². The second-order valence-electron chi connectivity index (χ2n) is 11.5. The van der Waals surface area contributed by atoms with Crippen LogP contribution < -0.4 is 0 Å². The van der Waals surface area contributed by atoms with Crippen LogP contribution in [-0.4, -0.2) is 61.3 Å². The largest absolute Gasteiger partial charge is 0.373 e. The minimum Gasteiger partial charge on any atom is -0.373 e. The van der Waals surface area contributed by atoms with Gasteiger partial charge in [0.2, 0.25) is 0 Å². The Morgan fingerprint density at radius 1 is 0.300 bits per heavy atom. The molecule has 0 spiro atoms. The van der Waals surface area contributed by atoms with Crippen LogP contribution in [0.2, 0.25) is 0 Å². The Hall–Kier alpha value is -1.46. The van der Waals surface area contributed by atoms with Crippen LogP contribution in [0.1, 0.15) is 158 Å². The molecule has 0 unspecified atom stereocenters. The number of hydrogen-bond acceptors (Lipinski definition) is 0. The SMILES string of the molecule is CCCC[N+](CCCC)(CCCC)CCCC.CCCC[N+](CCCC)(CCCC)CCCC.[N-]=[N+]=[N-].[N-]=[N+]=[N-]. The molecule has 8 heteroatoms. The molecule has 0 fully saturated rings. The minimum atomic E-state index is 1.35. The highest BCUT2D eigenvalue weighted by molar-refractivity contribution is 4.50. The summed E-state index contributed by atoms with van der Waals surface area (Å²) in [6, 6.07) is 0. The fraction of sp³-hybridized carbons (Fsp3) is 1.00. The second-order valence-corrected chi connectivity index (χ2v) is 11.5. The smallest absolute Gasteiger partial charge is 0.0786 e. The molecule has 0 aromatic rings. The zero-order chi connectivity index (χ0) is 31.4. The first-order valence-corrected chi connectivity index (χ1v) is 17.0. The van der Waals surface area contributed by atoms with Gasteiger partial charge in [0, 0.05) is 0 Å². The molecule has 0 amide bonds. The summed E-state index contributed by atoms with van der Waals surface area (Å²) in [4.78, 5) is 3.00. The van der Waals surface area contributed by atoms with Gasteiger partial charge in [0.15, 0.2) is 0 Å². The van der Waals surface area contributed by atoms with Crippen molar-refractivity contribution in [2.75, 3.05) is 52.4 Å². The lowest BCUT2D eigenvalue weighted by atomic mass is 10.1. The van der Waals surface area contributed by atoms with Crippen molar-refractivity contribution in [3.8, 4) is 0 Å². The van der Waals surface area contributed by atoms with Crippen molar-refractivity contribution in [3.05, 3.63) is 31.9 Å². The van der Waals surface area contributed by atoms with Crippen LogP contribution in [0, 0.1) is 0 Å².